The van der Waals surface area contributed by atoms with Crippen molar-refractivity contribution in [1.82, 2.24) is 24.7 Å². The molecule has 6 rings (SSSR count). The zero-order chi connectivity index (χ0) is 28.7. The fourth-order valence-electron chi connectivity index (χ4n) is 6.66. The SMILES string of the molecule is CN1CCC[C@H]1COc1nc2c(c(N3CC4CCC(C3)N4C(=O)OC(C)(C)C)n1)CC(=O)N(Cc1ccccc1)C2. The molecule has 3 atom stereocenters. The Balaban J connectivity index is 1.27. The second kappa shape index (κ2) is 11.1. The smallest absolute Gasteiger partial charge is 0.410 e. The molecule has 5 heterocycles. The van der Waals surface area contributed by atoms with Crippen molar-refractivity contribution in [2.75, 3.05) is 38.2 Å². The van der Waals surface area contributed by atoms with Crippen molar-refractivity contribution in [1.29, 1.82) is 0 Å². The number of nitrogens with zero attached hydrogens (tertiary/aromatic N) is 6. The van der Waals surface area contributed by atoms with Gasteiger partial charge in [0, 0.05) is 31.2 Å². The average molecular weight is 563 g/mol. The molecular formula is C31H42N6O4. The molecule has 0 saturated carbocycles. The monoisotopic (exact) mass is 562 g/mol. The number of benzene rings is 1. The maximum Gasteiger partial charge on any atom is 0.410 e. The molecule has 4 aliphatic heterocycles. The Hall–Kier alpha value is -3.40. The lowest BCUT2D eigenvalue weighted by atomic mass is 10.0. The van der Waals surface area contributed by atoms with Crippen molar-refractivity contribution in [2.45, 2.75) is 89.7 Å². The molecule has 2 bridgehead atoms. The normalized spacial score (nSPS) is 24.5. The molecule has 0 aliphatic carbocycles. The fraction of sp³-hybridized carbons (Fsp3) is 0.613. The molecular weight excluding hydrogens is 520 g/mol. The highest BCUT2D eigenvalue weighted by Gasteiger charge is 2.45. The third kappa shape index (κ3) is 5.98. The Morgan fingerprint density at radius 1 is 1.05 bits per heavy atom. The van der Waals surface area contributed by atoms with E-state index in [1.54, 1.807) is 0 Å². The number of likely N-dealkylation sites (N-methyl/N-ethyl adjacent to an activating group) is 1. The fourth-order valence-corrected chi connectivity index (χ4v) is 6.66. The van der Waals surface area contributed by atoms with Crippen molar-refractivity contribution in [3.63, 3.8) is 0 Å². The van der Waals surface area contributed by atoms with E-state index in [9.17, 15) is 9.59 Å². The van der Waals surface area contributed by atoms with Gasteiger partial charge in [-0.3, -0.25) is 9.69 Å². The molecule has 10 nitrogen and oxygen atoms in total. The topological polar surface area (TPSA) is 91.3 Å². The van der Waals surface area contributed by atoms with Gasteiger partial charge in [-0.15, -0.1) is 0 Å². The van der Waals surface area contributed by atoms with Crippen LogP contribution < -0.4 is 9.64 Å². The number of anilines is 1. The second-order valence-corrected chi connectivity index (χ2v) is 12.9. The Morgan fingerprint density at radius 2 is 1.78 bits per heavy atom. The van der Waals surface area contributed by atoms with Crippen LogP contribution in [-0.4, -0.2) is 93.7 Å². The summed E-state index contributed by atoms with van der Waals surface area (Å²) in [5.74, 6) is 0.848. The summed E-state index contributed by atoms with van der Waals surface area (Å²) in [6.45, 7) is 9.57. The maximum atomic E-state index is 13.4. The number of piperazine rings is 1. The van der Waals surface area contributed by atoms with Gasteiger partial charge in [0.15, 0.2) is 0 Å². The van der Waals surface area contributed by atoms with Crippen molar-refractivity contribution in [3.8, 4) is 6.01 Å². The highest BCUT2D eigenvalue weighted by molar-refractivity contribution is 5.82. The van der Waals surface area contributed by atoms with E-state index in [1.807, 2.05) is 60.9 Å². The predicted octanol–water partition coefficient (Wildman–Crippen LogP) is 3.62. The van der Waals surface area contributed by atoms with E-state index in [-0.39, 0.29) is 30.5 Å². The lowest BCUT2D eigenvalue weighted by Crippen LogP contribution is -2.57. The Labute approximate surface area is 242 Å². The highest BCUT2D eigenvalue weighted by Crippen LogP contribution is 2.37. The predicted molar refractivity (Wildman–Crippen MR) is 155 cm³/mol. The van der Waals surface area contributed by atoms with E-state index in [0.717, 1.165) is 48.4 Å². The van der Waals surface area contributed by atoms with Gasteiger partial charge in [-0.1, -0.05) is 30.3 Å². The lowest BCUT2D eigenvalue weighted by Gasteiger charge is -2.42. The number of aromatic nitrogens is 2. The molecule has 220 valence electrons. The molecule has 2 unspecified atom stereocenters. The van der Waals surface area contributed by atoms with Gasteiger partial charge in [0.2, 0.25) is 5.91 Å². The summed E-state index contributed by atoms with van der Waals surface area (Å²) in [4.78, 5) is 44.6. The number of amides is 2. The first-order valence-electron chi connectivity index (χ1n) is 15.0. The van der Waals surface area contributed by atoms with Crippen LogP contribution in [0.1, 0.15) is 63.3 Å². The molecule has 1 aromatic heterocycles. The molecule has 0 spiro atoms. The third-order valence-corrected chi connectivity index (χ3v) is 8.75. The third-order valence-electron chi connectivity index (χ3n) is 8.75. The summed E-state index contributed by atoms with van der Waals surface area (Å²) in [6.07, 6.45) is 4.13. The quantitative estimate of drug-likeness (QED) is 0.527. The van der Waals surface area contributed by atoms with Crippen LogP contribution in [0.5, 0.6) is 6.01 Å². The number of rotatable bonds is 6. The van der Waals surface area contributed by atoms with Gasteiger partial charge < -0.3 is 24.2 Å². The Morgan fingerprint density at radius 3 is 2.44 bits per heavy atom. The molecule has 10 heteroatoms. The van der Waals surface area contributed by atoms with Gasteiger partial charge >= 0.3 is 12.1 Å². The molecule has 0 radical (unpaired) electrons. The minimum Gasteiger partial charge on any atom is -0.462 e. The zero-order valence-corrected chi connectivity index (χ0v) is 24.7. The van der Waals surface area contributed by atoms with Gasteiger partial charge in [-0.2, -0.15) is 9.97 Å². The minimum absolute atomic E-state index is 0.0413. The first kappa shape index (κ1) is 27.8. The van der Waals surface area contributed by atoms with Crippen LogP contribution in [0.15, 0.2) is 30.3 Å². The summed E-state index contributed by atoms with van der Waals surface area (Å²) < 4.78 is 12.0. The van der Waals surface area contributed by atoms with Gasteiger partial charge in [-0.05, 0) is 65.6 Å². The highest BCUT2D eigenvalue weighted by atomic mass is 16.6. The van der Waals surface area contributed by atoms with Crippen molar-refractivity contribution in [2.24, 2.45) is 0 Å². The molecule has 2 amide bonds. The summed E-state index contributed by atoms with van der Waals surface area (Å²) in [7, 11) is 2.13. The standard InChI is InChI=1S/C31H42N6O4/c1-31(2,3)41-30(39)37-22-12-13-23(37)18-36(17-22)28-25-15-27(38)35(16-21-9-6-5-7-10-21)19-26(25)32-29(33-28)40-20-24-11-8-14-34(24)4/h5-7,9-10,22-24H,8,11-20H2,1-4H3/t22?,23?,24-/m0/s1. The van der Waals surface area contributed by atoms with E-state index < -0.39 is 5.60 Å². The molecule has 4 aliphatic rings. The van der Waals surface area contributed by atoms with Gasteiger partial charge in [0.25, 0.3) is 0 Å². The van der Waals surface area contributed by atoms with Crippen LogP contribution in [0.4, 0.5) is 10.6 Å². The molecule has 3 saturated heterocycles. The van der Waals surface area contributed by atoms with Crippen LogP contribution in [0.3, 0.4) is 0 Å². The van der Waals surface area contributed by atoms with Crippen LogP contribution in [-0.2, 0) is 29.0 Å². The van der Waals surface area contributed by atoms with Crippen molar-refractivity contribution >= 4 is 17.8 Å². The van der Waals surface area contributed by atoms with Gasteiger partial charge in [-0.25, -0.2) is 4.79 Å². The van der Waals surface area contributed by atoms with Crippen LogP contribution in [0.2, 0.25) is 0 Å². The molecule has 1 aromatic carbocycles. The number of hydrogen-bond donors (Lipinski definition) is 0. The summed E-state index contributed by atoms with van der Waals surface area (Å²) >= 11 is 0. The molecule has 41 heavy (non-hydrogen) atoms. The van der Waals surface area contributed by atoms with E-state index in [1.165, 1.54) is 6.42 Å². The largest absolute Gasteiger partial charge is 0.462 e. The average Bonchev–Trinajstić information content (AvgIpc) is 3.46. The minimum atomic E-state index is -0.537. The Bertz CT molecular complexity index is 1270. The van der Waals surface area contributed by atoms with E-state index in [0.29, 0.717) is 44.8 Å². The number of carbonyl (C=O) groups excluding carboxylic acids is 2. The number of likely N-dealkylation sites (tertiary alicyclic amines) is 1. The van der Waals surface area contributed by atoms with Gasteiger partial charge in [0.05, 0.1) is 30.7 Å². The number of fused-ring (bicyclic) bond motifs is 3. The number of hydrogen-bond acceptors (Lipinski definition) is 8. The van der Waals surface area contributed by atoms with E-state index >= 15 is 0 Å². The number of ether oxygens (including phenoxy) is 2. The molecule has 3 fully saturated rings. The van der Waals surface area contributed by atoms with Gasteiger partial charge in [0.1, 0.15) is 18.0 Å². The molecule has 2 aromatic rings. The first-order chi connectivity index (χ1) is 19.6. The van der Waals surface area contributed by atoms with E-state index in [2.05, 4.69) is 16.8 Å². The van der Waals surface area contributed by atoms with E-state index in [4.69, 9.17) is 19.4 Å². The van der Waals surface area contributed by atoms with Crippen LogP contribution >= 0.6 is 0 Å². The van der Waals surface area contributed by atoms with Crippen LogP contribution in [0, 0.1) is 0 Å². The maximum absolute atomic E-state index is 13.4. The second-order valence-electron chi connectivity index (χ2n) is 12.9. The zero-order valence-electron chi connectivity index (χ0n) is 24.7. The number of carbonyl (C=O) groups is 2. The summed E-state index contributed by atoms with van der Waals surface area (Å²) in [5.41, 5.74) is 2.29. The van der Waals surface area contributed by atoms with Crippen molar-refractivity contribution in [3.05, 3.63) is 47.2 Å². The van der Waals surface area contributed by atoms with Crippen molar-refractivity contribution < 1.29 is 19.1 Å². The first-order valence-corrected chi connectivity index (χ1v) is 15.0. The molecule has 0 N–H and O–H groups in total. The van der Waals surface area contributed by atoms with Crippen LogP contribution in [0.25, 0.3) is 0 Å². The summed E-state index contributed by atoms with van der Waals surface area (Å²) in [6, 6.07) is 10.9. The Kier molecular flexibility index (Phi) is 7.52. The summed E-state index contributed by atoms with van der Waals surface area (Å²) in [5, 5.41) is 0. The lowest BCUT2D eigenvalue weighted by molar-refractivity contribution is -0.132.